The van der Waals surface area contributed by atoms with Crippen LogP contribution in [0, 0.1) is 49.4 Å². The molecule has 152 valence electrons. The summed E-state index contributed by atoms with van der Waals surface area (Å²) < 4.78 is 0. The average Bonchev–Trinajstić information content (AvgIpc) is 2.91. The second-order valence-corrected chi connectivity index (χ2v) is 5.96. The van der Waals surface area contributed by atoms with Crippen molar-refractivity contribution in [2.75, 3.05) is 0 Å². The predicted octanol–water partition coefficient (Wildman–Crippen LogP) is 3.12. The monoisotopic (exact) mass is 454 g/mol. The summed E-state index contributed by atoms with van der Waals surface area (Å²) in [6.07, 6.45) is 26.8. The molecule has 0 spiro atoms. The SMILES string of the molecule is [Al+3].[C-]#Cc1ccccc1.[C-]#Cc1ccccc1.[C-]#Cc1ccccc1.[C-]#Cc1ccccc1.[Na+]. The molecule has 4 rings (SSSR count). The van der Waals surface area contributed by atoms with Crippen molar-refractivity contribution in [1.82, 2.24) is 0 Å². The minimum Gasteiger partial charge on any atom is -0.366 e. The molecule has 34 heavy (non-hydrogen) atoms. The summed E-state index contributed by atoms with van der Waals surface area (Å²) in [7, 11) is 0. The van der Waals surface area contributed by atoms with E-state index < -0.39 is 0 Å². The second-order valence-electron chi connectivity index (χ2n) is 5.96. The third-order valence-corrected chi connectivity index (χ3v) is 3.67. The van der Waals surface area contributed by atoms with E-state index in [0.717, 1.165) is 22.3 Å². The summed E-state index contributed by atoms with van der Waals surface area (Å²) in [5.74, 6) is 9.11. The van der Waals surface area contributed by atoms with E-state index in [2.05, 4.69) is 23.7 Å². The van der Waals surface area contributed by atoms with Crippen LogP contribution in [-0.2, 0) is 0 Å². The van der Waals surface area contributed by atoms with Crippen LogP contribution in [0.4, 0.5) is 0 Å². The first kappa shape index (κ1) is 32.8. The van der Waals surface area contributed by atoms with Gasteiger partial charge >= 0.3 is 46.9 Å². The first-order valence-electron chi connectivity index (χ1n) is 9.64. The predicted molar refractivity (Wildman–Crippen MR) is 136 cm³/mol. The van der Waals surface area contributed by atoms with Crippen LogP contribution >= 0.6 is 0 Å². The van der Waals surface area contributed by atoms with E-state index in [0.29, 0.717) is 0 Å². The van der Waals surface area contributed by atoms with E-state index in [9.17, 15) is 0 Å². The fourth-order valence-electron chi connectivity index (χ4n) is 2.09. The Morgan fingerprint density at radius 3 is 0.559 bits per heavy atom. The zero-order valence-electron chi connectivity index (χ0n) is 19.1. The molecule has 4 aromatic carbocycles. The van der Waals surface area contributed by atoms with Crippen molar-refractivity contribution in [2.24, 2.45) is 0 Å². The summed E-state index contributed by atoms with van der Waals surface area (Å²) in [4.78, 5) is 0. The summed E-state index contributed by atoms with van der Waals surface area (Å²) in [6.45, 7) is 0. The quantitative estimate of drug-likeness (QED) is 0.218. The number of hydrogen-bond acceptors (Lipinski definition) is 0. The largest absolute Gasteiger partial charge is 3.00 e. The molecule has 0 aliphatic rings. The van der Waals surface area contributed by atoms with Gasteiger partial charge in [-0.15, -0.1) is 70.8 Å². The maximum Gasteiger partial charge on any atom is 3.00 e. The van der Waals surface area contributed by atoms with Crippen molar-refractivity contribution in [3.05, 3.63) is 169 Å². The summed E-state index contributed by atoms with van der Waals surface area (Å²) in [6, 6.07) is 37.5. The van der Waals surface area contributed by atoms with E-state index in [1.165, 1.54) is 0 Å². The third-order valence-electron chi connectivity index (χ3n) is 3.67. The van der Waals surface area contributed by atoms with Crippen molar-refractivity contribution in [3.63, 3.8) is 0 Å². The van der Waals surface area contributed by atoms with Gasteiger partial charge in [0.2, 0.25) is 0 Å². The van der Waals surface area contributed by atoms with Gasteiger partial charge in [-0.3, -0.25) is 23.7 Å². The van der Waals surface area contributed by atoms with Crippen molar-refractivity contribution in [2.45, 2.75) is 0 Å². The van der Waals surface area contributed by atoms with Crippen LogP contribution in [0.25, 0.3) is 0 Å². The van der Waals surface area contributed by atoms with Gasteiger partial charge in [0.15, 0.2) is 0 Å². The van der Waals surface area contributed by atoms with Crippen molar-refractivity contribution < 1.29 is 29.6 Å². The molecule has 2 heteroatoms. The van der Waals surface area contributed by atoms with Gasteiger partial charge in [-0.05, 0) is 0 Å². The van der Waals surface area contributed by atoms with Crippen LogP contribution in [0.1, 0.15) is 22.3 Å². The molecule has 0 aliphatic heterocycles. The molecule has 0 unspecified atom stereocenters. The van der Waals surface area contributed by atoms with Gasteiger partial charge in [0.05, 0.1) is 0 Å². The van der Waals surface area contributed by atoms with Gasteiger partial charge in [-0.2, -0.15) is 0 Å². The maximum absolute atomic E-state index is 6.69. The molecular weight excluding hydrogens is 434 g/mol. The molecule has 0 radical (unpaired) electrons. The van der Waals surface area contributed by atoms with E-state index in [1.54, 1.807) is 0 Å². The normalized spacial score (nSPS) is 7.41. The molecule has 0 amide bonds. The molecule has 0 saturated carbocycles. The zero-order chi connectivity index (χ0) is 23.3. The fourth-order valence-corrected chi connectivity index (χ4v) is 2.09. The third kappa shape index (κ3) is 16.3. The Kier molecular flexibility index (Phi) is 22.0. The Hall–Kier alpha value is -3.35. The second kappa shape index (κ2) is 22.8. The molecule has 0 atom stereocenters. The molecule has 0 bridgehead atoms. The average molecular weight is 454 g/mol. The smallest absolute Gasteiger partial charge is 0.366 e. The Balaban J connectivity index is 0. The Bertz CT molecular complexity index is 975. The molecule has 0 aliphatic carbocycles. The van der Waals surface area contributed by atoms with E-state index in [-0.39, 0.29) is 46.9 Å². The Morgan fingerprint density at radius 1 is 0.324 bits per heavy atom. The van der Waals surface area contributed by atoms with Crippen LogP contribution in [0.3, 0.4) is 0 Å². The maximum atomic E-state index is 6.69. The molecule has 0 aromatic heterocycles. The molecule has 0 heterocycles. The van der Waals surface area contributed by atoms with Gasteiger partial charge < -0.3 is 25.7 Å². The molecule has 0 N–H and O–H groups in total. The molecule has 0 saturated heterocycles. The van der Waals surface area contributed by atoms with Crippen LogP contribution in [0.15, 0.2) is 121 Å². The van der Waals surface area contributed by atoms with E-state index >= 15 is 0 Å². The topological polar surface area (TPSA) is 0 Å². The summed E-state index contributed by atoms with van der Waals surface area (Å²) >= 11 is 0. The zero-order valence-corrected chi connectivity index (χ0v) is 22.3. The number of rotatable bonds is 0. The van der Waals surface area contributed by atoms with Gasteiger partial charge in [0.25, 0.3) is 0 Å². The Morgan fingerprint density at radius 2 is 0.471 bits per heavy atom. The van der Waals surface area contributed by atoms with Crippen LogP contribution in [0.2, 0.25) is 0 Å². The number of benzene rings is 4. The van der Waals surface area contributed by atoms with E-state index in [4.69, 9.17) is 25.7 Å². The van der Waals surface area contributed by atoms with Crippen LogP contribution < -0.4 is 29.6 Å². The van der Waals surface area contributed by atoms with Gasteiger partial charge in [-0.25, -0.2) is 0 Å². The van der Waals surface area contributed by atoms with Gasteiger partial charge in [0, 0.05) is 0 Å². The van der Waals surface area contributed by atoms with Crippen LogP contribution in [0.5, 0.6) is 0 Å². The summed E-state index contributed by atoms with van der Waals surface area (Å²) in [5, 5.41) is 0. The van der Waals surface area contributed by atoms with Crippen molar-refractivity contribution >= 4 is 17.4 Å². The molecular formula is C32H20AlNa. The molecule has 4 aromatic rings. The standard InChI is InChI=1S/4C8H5.Al.Na/c4*1-2-8-6-4-3-5-7-8;;/h4*3-7H;;/q4*-1;+3;+1. The minimum atomic E-state index is 0. The molecule has 0 nitrogen and oxygen atoms in total. The number of hydrogen-bond donors (Lipinski definition) is 0. The first-order valence-corrected chi connectivity index (χ1v) is 9.64. The first-order chi connectivity index (χ1) is 15.7. The molecule has 0 fully saturated rings. The summed E-state index contributed by atoms with van der Waals surface area (Å²) in [5.41, 5.74) is 3.31. The van der Waals surface area contributed by atoms with Crippen molar-refractivity contribution in [1.29, 1.82) is 0 Å². The van der Waals surface area contributed by atoms with Gasteiger partial charge in [-0.1, -0.05) is 72.8 Å². The van der Waals surface area contributed by atoms with Gasteiger partial charge in [0.1, 0.15) is 0 Å². The van der Waals surface area contributed by atoms with Crippen LogP contribution in [-0.4, -0.2) is 17.4 Å². The minimum absolute atomic E-state index is 0. The fraction of sp³-hybridized carbons (Fsp3) is 0. The Labute approximate surface area is 238 Å². The van der Waals surface area contributed by atoms with E-state index in [1.807, 2.05) is 121 Å². The van der Waals surface area contributed by atoms with Crippen molar-refractivity contribution in [3.8, 4) is 23.7 Å².